The predicted molar refractivity (Wildman–Crippen MR) is 47.9 cm³/mol. The monoisotopic (exact) mass is 163 g/mol. The van der Waals surface area contributed by atoms with Gasteiger partial charge in [0.05, 0.1) is 18.8 Å². The third-order valence-corrected chi connectivity index (χ3v) is 2.35. The number of aryl methyl sites for hydroxylation is 1. The molecule has 0 aromatic heterocycles. The van der Waals surface area contributed by atoms with Crippen molar-refractivity contribution in [2.75, 3.05) is 13.2 Å². The van der Waals surface area contributed by atoms with E-state index in [-0.39, 0.29) is 5.54 Å². The molecule has 0 unspecified atom stereocenters. The molecular weight excluding hydrogens is 150 g/mol. The number of hydrogen-bond acceptors (Lipinski definition) is 2. The Morgan fingerprint density at radius 3 is 2.25 bits per heavy atom. The van der Waals surface area contributed by atoms with Crippen LogP contribution in [0.5, 0.6) is 0 Å². The van der Waals surface area contributed by atoms with Crippen LogP contribution in [0.25, 0.3) is 0 Å². The summed E-state index contributed by atoms with van der Waals surface area (Å²) in [5, 5.41) is 0. The van der Waals surface area contributed by atoms with Crippen LogP contribution in [0.4, 0.5) is 0 Å². The van der Waals surface area contributed by atoms with E-state index >= 15 is 0 Å². The van der Waals surface area contributed by atoms with Gasteiger partial charge in [-0.2, -0.15) is 0 Å². The first-order valence-corrected chi connectivity index (χ1v) is 4.14. The number of benzene rings is 1. The van der Waals surface area contributed by atoms with Crippen LogP contribution in [-0.4, -0.2) is 13.2 Å². The standard InChI is InChI=1S/C10H13NO/c1-8-2-4-9(5-3-8)10(11)6-12-7-10/h2-5H,6-7,11H2,1H3. The molecule has 2 N–H and O–H groups in total. The molecule has 64 valence electrons. The fourth-order valence-corrected chi connectivity index (χ4v) is 1.37. The van der Waals surface area contributed by atoms with E-state index < -0.39 is 0 Å². The molecule has 1 heterocycles. The lowest BCUT2D eigenvalue weighted by atomic mass is 9.89. The molecule has 1 aromatic rings. The SMILES string of the molecule is Cc1ccc(C2(N)COC2)cc1. The van der Waals surface area contributed by atoms with E-state index in [0.29, 0.717) is 13.2 Å². The molecule has 2 heteroatoms. The molecule has 1 aliphatic heterocycles. The van der Waals surface area contributed by atoms with Crippen LogP contribution in [-0.2, 0) is 10.3 Å². The zero-order valence-corrected chi connectivity index (χ0v) is 7.21. The lowest BCUT2D eigenvalue weighted by Gasteiger charge is -2.38. The zero-order chi connectivity index (χ0) is 8.60. The number of rotatable bonds is 1. The second-order valence-electron chi connectivity index (χ2n) is 3.51. The molecule has 12 heavy (non-hydrogen) atoms. The molecule has 1 aliphatic rings. The number of nitrogens with two attached hydrogens (primary N) is 1. The van der Waals surface area contributed by atoms with Gasteiger partial charge in [0, 0.05) is 0 Å². The van der Waals surface area contributed by atoms with Crippen molar-refractivity contribution in [2.24, 2.45) is 5.73 Å². The zero-order valence-electron chi connectivity index (χ0n) is 7.21. The van der Waals surface area contributed by atoms with E-state index in [4.69, 9.17) is 10.5 Å². The van der Waals surface area contributed by atoms with Gasteiger partial charge >= 0.3 is 0 Å². The molecule has 0 spiro atoms. The van der Waals surface area contributed by atoms with E-state index in [9.17, 15) is 0 Å². The minimum absolute atomic E-state index is 0.215. The highest BCUT2D eigenvalue weighted by atomic mass is 16.5. The highest BCUT2D eigenvalue weighted by molar-refractivity contribution is 5.29. The quantitative estimate of drug-likeness (QED) is 0.674. The highest BCUT2D eigenvalue weighted by Crippen LogP contribution is 2.26. The fraction of sp³-hybridized carbons (Fsp3) is 0.400. The summed E-state index contributed by atoms with van der Waals surface area (Å²) in [6.07, 6.45) is 0. The van der Waals surface area contributed by atoms with Crippen LogP contribution in [0.2, 0.25) is 0 Å². The highest BCUT2D eigenvalue weighted by Gasteiger charge is 2.35. The Morgan fingerprint density at radius 1 is 1.25 bits per heavy atom. The molecule has 0 bridgehead atoms. The minimum Gasteiger partial charge on any atom is -0.377 e. The molecule has 0 amide bonds. The van der Waals surface area contributed by atoms with Gasteiger partial charge in [-0.3, -0.25) is 0 Å². The summed E-state index contributed by atoms with van der Waals surface area (Å²) in [7, 11) is 0. The van der Waals surface area contributed by atoms with Gasteiger partial charge in [0.15, 0.2) is 0 Å². The van der Waals surface area contributed by atoms with Crippen LogP contribution in [0, 0.1) is 6.92 Å². The topological polar surface area (TPSA) is 35.2 Å². The molecule has 0 atom stereocenters. The average Bonchev–Trinajstić information content (AvgIpc) is 2.02. The van der Waals surface area contributed by atoms with E-state index in [0.717, 1.165) is 0 Å². The fourth-order valence-electron chi connectivity index (χ4n) is 1.37. The van der Waals surface area contributed by atoms with Crippen molar-refractivity contribution in [3.05, 3.63) is 35.4 Å². The van der Waals surface area contributed by atoms with Crippen LogP contribution in [0.15, 0.2) is 24.3 Å². The molecular formula is C10H13NO. The third-order valence-electron chi connectivity index (χ3n) is 2.35. The molecule has 1 aromatic carbocycles. The van der Waals surface area contributed by atoms with Gasteiger partial charge in [0.2, 0.25) is 0 Å². The lowest BCUT2D eigenvalue weighted by molar-refractivity contribution is -0.0569. The molecule has 0 aliphatic carbocycles. The van der Waals surface area contributed by atoms with Crippen molar-refractivity contribution in [3.63, 3.8) is 0 Å². The first-order valence-electron chi connectivity index (χ1n) is 4.14. The van der Waals surface area contributed by atoms with E-state index in [1.165, 1.54) is 11.1 Å². The van der Waals surface area contributed by atoms with Gasteiger partial charge < -0.3 is 10.5 Å². The Hall–Kier alpha value is -0.860. The van der Waals surface area contributed by atoms with Crippen molar-refractivity contribution >= 4 is 0 Å². The Bertz CT molecular complexity index is 274. The van der Waals surface area contributed by atoms with Crippen molar-refractivity contribution in [1.82, 2.24) is 0 Å². The van der Waals surface area contributed by atoms with Gasteiger partial charge in [-0.1, -0.05) is 29.8 Å². The summed E-state index contributed by atoms with van der Waals surface area (Å²) in [6.45, 7) is 3.37. The van der Waals surface area contributed by atoms with E-state index in [1.54, 1.807) is 0 Å². The molecule has 1 fully saturated rings. The maximum Gasteiger partial charge on any atom is 0.0883 e. The summed E-state index contributed by atoms with van der Waals surface area (Å²) in [5.74, 6) is 0. The maximum atomic E-state index is 6.05. The predicted octanol–water partition coefficient (Wildman–Crippen LogP) is 1.18. The van der Waals surface area contributed by atoms with Crippen LogP contribution < -0.4 is 5.73 Å². The Kier molecular flexibility index (Phi) is 1.67. The Morgan fingerprint density at radius 2 is 1.83 bits per heavy atom. The minimum atomic E-state index is -0.215. The Balaban J connectivity index is 2.28. The van der Waals surface area contributed by atoms with Gasteiger partial charge in [-0.25, -0.2) is 0 Å². The first-order chi connectivity index (χ1) is 5.71. The second-order valence-corrected chi connectivity index (χ2v) is 3.51. The lowest BCUT2D eigenvalue weighted by Crippen LogP contribution is -2.54. The normalized spacial score (nSPS) is 20.2. The van der Waals surface area contributed by atoms with Crippen molar-refractivity contribution < 1.29 is 4.74 Å². The van der Waals surface area contributed by atoms with Crippen molar-refractivity contribution in [3.8, 4) is 0 Å². The van der Waals surface area contributed by atoms with Crippen LogP contribution in [0.3, 0.4) is 0 Å². The molecule has 2 rings (SSSR count). The smallest absolute Gasteiger partial charge is 0.0883 e. The van der Waals surface area contributed by atoms with Gasteiger partial charge in [-0.05, 0) is 12.5 Å². The molecule has 0 radical (unpaired) electrons. The maximum absolute atomic E-state index is 6.05. The number of ether oxygens (including phenoxy) is 1. The molecule has 1 saturated heterocycles. The summed E-state index contributed by atoms with van der Waals surface area (Å²) in [6, 6.07) is 8.33. The van der Waals surface area contributed by atoms with Crippen molar-refractivity contribution in [1.29, 1.82) is 0 Å². The summed E-state index contributed by atoms with van der Waals surface area (Å²) in [4.78, 5) is 0. The third kappa shape index (κ3) is 1.13. The molecule has 2 nitrogen and oxygen atoms in total. The van der Waals surface area contributed by atoms with Gasteiger partial charge in [0.25, 0.3) is 0 Å². The van der Waals surface area contributed by atoms with Crippen LogP contribution >= 0.6 is 0 Å². The summed E-state index contributed by atoms with van der Waals surface area (Å²) in [5.41, 5.74) is 8.28. The first kappa shape index (κ1) is 7.77. The van der Waals surface area contributed by atoms with Gasteiger partial charge in [0.1, 0.15) is 0 Å². The summed E-state index contributed by atoms with van der Waals surface area (Å²) >= 11 is 0. The molecule has 0 saturated carbocycles. The van der Waals surface area contributed by atoms with E-state index in [2.05, 4.69) is 31.2 Å². The van der Waals surface area contributed by atoms with Gasteiger partial charge in [-0.15, -0.1) is 0 Å². The van der Waals surface area contributed by atoms with Crippen LogP contribution in [0.1, 0.15) is 11.1 Å². The van der Waals surface area contributed by atoms with Crippen molar-refractivity contribution in [2.45, 2.75) is 12.5 Å². The van der Waals surface area contributed by atoms with E-state index in [1.807, 2.05) is 0 Å². The number of hydrogen-bond donors (Lipinski definition) is 1. The largest absolute Gasteiger partial charge is 0.377 e. The Labute approximate surface area is 72.3 Å². The average molecular weight is 163 g/mol. The summed E-state index contributed by atoms with van der Waals surface area (Å²) < 4.78 is 5.10. The second kappa shape index (κ2) is 2.57.